The summed E-state index contributed by atoms with van der Waals surface area (Å²) >= 11 is 6.21. The Bertz CT molecular complexity index is 712. The second kappa shape index (κ2) is 4.03. The summed E-state index contributed by atoms with van der Waals surface area (Å²) in [4.78, 5) is 4.31. The maximum Gasteiger partial charge on any atom is 0.201 e. The van der Waals surface area contributed by atoms with Crippen LogP contribution in [0.5, 0.6) is 0 Å². The highest BCUT2D eigenvalue weighted by Crippen LogP contribution is 2.26. The molecule has 0 saturated heterocycles. The van der Waals surface area contributed by atoms with Gasteiger partial charge in [-0.2, -0.15) is 5.10 Å². The van der Waals surface area contributed by atoms with Gasteiger partial charge in [0.15, 0.2) is 0 Å². The molecule has 1 aromatic carbocycles. The van der Waals surface area contributed by atoms with Crippen molar-refractivity contribution in [2.75, 3.05) is 5.73 Å². The van der Waals surface area contributed by atoms with Crippen LogP contribution >= 0.6 is 11.6 Å². The Morgan fingerprint density at radius 1 is 1.39 bits per heavy atom. The number of hydrogen-bond acceptors (Lipinski definition) is 3. The standard InChI is InChI=1S/C12H12ClN5/c1-17-6-8(5-15-17)7-18-11-9(13)3-2-4-10(11)16-12(18)14/h2-6H,7H2,1H3,(H2,14,16). The Balaban J connectivity index is 2.13. The van der Waals surface area contributed by atoms with E-state index in [-0.39, 0.29) is 0 Å². The minimum absolute atomic E-state index is 0.460. The lowest BCUT2D eigenvalue weighted by Crippen LogP contribution is -2.04. The molecule has 0 aliphatic rings. The molecule has 0 spiro atoms. The summed E-state index contributed by atoms with van der Waals surface area (Å²) in [6, 6.07) is 5.60. The molecule has 2 N–H and O–H groups in total. The smallest absolute Gasteiger partial charge is 0.201 e. The maximum absolute atomic E-state index is 6.21. The van der Waals surface area contributed by atoms with Crippen LogP contribution in [0, 0.1) is 0 Å². The van der Waals surface area contributed by atoms with Gasteiger partial charge in [0, 0.05) is 18.8 Å². The molecule has 0 fully saturated rings. The van der Waals surface area contributed by atoms with Gasteiger partial charge >= 0.3 is 0 Å². The van der Waals surface area contributed by atoms with E-state index in [1.165, 1.54) is 0 Å². The SMILES string of the molecule is Cn1cc(Cn2c(N)nc3cccc(Cl)c32)cn1. The van der Waals surface area contributed by atoms with Gasteiger partial charge in [-0.05, 0) is 12.1 Å². The van der Waals surface area contributed by atoms with E-state index >= 15 is 0 Å². The van der Waals surface area contributed by atoms with E-state index < -0.39 is 0 Å². The molecule has 0 amide bonds. The molecule has 2 aromatic heterocycles. The van der Waals surface area contributed by atoms with Gasteiger partial charge in [-0.3, -0.25) is 4.68 Å². The van der Waals surface area contributed by atoms with E-state index in [9.17, 15) is 0 Å². The third kappa shape index (κ3) is 1.73. The van der Waals surface area contributed by atoms with Crippen molar-refractivity contribution in [1.82, 2.24) is 19.3 Å². The first kappa shape index (κ1) is 11.1. The quantitative estimate of drug-likeness (QED) is 0.768. The lowest BCUT2D eigenvalue weighted by atomic mass is 10.3. The van der Waals surface area contributed by atoms with Gasteiger partial charge in [0.1, 0.15) is 0 Å². The van der Waals surface area contributed by atoms with Crippen molar-refractivity contribution in [1.29, 1.82) is 0 Å². The third-order valence-electron chi connectivity index (χ3n) is 2.85. The lowest BCUT2D eigenvalue weighted by molar-refractivity contribution is 0.765. The van der Waals surface area contributed by atoms with Crippen molar-refractivity contribution in [2.45, 2.75) is 6.54 Å². The molecule has 3 aromatic rings. The number of aryl methyl sites for hydroxylation is 1. The number of halogens is 1. The van der Waals surface area contributed by atoms with Crippen LogP contribution in [0.4, 0.5) is 5.95 Å². The van der Waals surface area contributed by atoms with Crippen LogP contribution in [0.3, 0.4) is 0 Å². The van der Waals surface area contributed by atoms with Crippen LogP contribution in [0.25, 0.3) is 11.0 Å². The van der Waals surface area contributed by atoms with Crippen molar-refractivity contribution in [3.8, 4) is 0 Å². The summed E-state index contributed by atoms with van der Waals surface area (Å²) in [5.41, 5.74) is 8.67. The summed E-state index contributed by atoms with van der Waals surface area (Å²) in [7, 11) is 1.88. The summed E-state index contributed by atoms with van der Waals surface area (Å²) in [5.74, 6) is 0.460. The number of nitrogen functional groups attached to an aromatic ring is 1. The number of imidazole rings is 1. The zero-order chi connectivity index (χ0) is 12.7. The van der Waals surface area contributed by atoms with Crippen molar-refractivity contribution in [2.24, 2.45) is 7.05 Å². The molecule has 0 aliphatic carbocycles. The molecule has 6 heteroatoms. The average molecular weight is 262 g/mol. The second-order valence-electron chi connectivity index (χ2n) is 4.19. The first-order chi connectivity index (χ1) is 8.65. The Hall–Kier alpha value is -2.01. The fraction of sp³-hybridized carbons (Fsp3) is 0.167. The van der Waals surface area contributed by atoms with Gasteiger partial charge in [0.25, 0.3) is 0 Å². The van der Waals surface area contributed by atoms with Gasteiger partial charge < -0.3 is 10.3 Å². The number of para-hydroxylation sites is 1. The highest BCUT2D eigenvalue weighted by atomic mass is 35.5. The molecule has 5 nitrogen and oxygen atoms in total. The van der Waals surface area contributed by atoms with Gasteiger partial charge in [0.2, 0.25) is 5.95 Å². The van der Waals surface area contributed by atoms with Gasteiger partial charge in [-0.1, -0.05) is 17.7 Å². The third-order valence-corrected chi connectivity index (χ3v) is 3.15. The zero-order valence-corrected chi connectivity index (χ0v) is 10.6. The largest absolute Gasteiger partial charge is 0.369 e. The van der Waals surface area contributed by atoms with Crippen LogP contribution in [0.15, 0.2) is 30.6 Å². The van der Waals surface area contributed by atoms with E-state index in [2.05, 4.69) is 10.1 Å². The average Bonchev–Trinajstić information content (AvgIpc) is 2.85. The lowest BCUT2D eigenvalue weighted by Gasteiger charge is -2.05. The number of rotatable bonds is 2. The van der Waals surface area contributed by atoms with Gasteiger partial charge in [-0.15, -0.1) is 0 Å². The van der Waals surface area contributed by atoms with Crippen LogP contribution < -0.4 is 5.73 Å². The number of nitrogens with zero attached hydrogens (tertiary/aromatic N) is 4. The topological polar surface area (TPSA) is 61.7 Å². The fourth-order valence-electron chi connectivity index (χ4n) is 2.06. The molecule has 18 heavy (non-hydrogen) atoms. The minimum Gasteiger partial charge on any atom is -0.369 e. The van der Waals surface area contributed by atoms with Crippen LogP contribution in [-0.4, -0.2) is 19.3 Å². The number of hydrogen-bond donors (Lipinski definition) is 1. The zero-order valence-electron chi connectivity index (χ0n) is 9.84. The van der Waals surface area contributed by atoms with E-state index in [1.54, 1.807) is 4.68 Å². The number of benzene rings is 1. The molecule has 0 aliphatic heterocycles. The highest BCUT2D eigenvalue weighted by molar-refractivity contribution is 6.35. The first-order valence-corrected chi connectivity index (χ1v) is 5.90. The van der Waals surface area contributed by atoms with Crippen molar-refractivity contribution < 1.29 is 0 Å². The first-order valence-electron chi connectivity index (χ1n) is 5.53. The fourth-order valence-corrected chi connectivity index (χ4v) is 2.33. The van der Waals surface area contributed by atoms with E-state index in [0.717, 1.165) is 16.6 Å². The van der Waals surface area contributed by atoms with Crippen LogP contribution in [0.1, 0.15) is 5.56 Å². The molecule has 0 bridgehead atoms. The molecule has 0 saturated carbocycles. The van der Waals surface area contributed by atoms with Gasteiger partial charge in [0.05, 0.1) is 28.8 Å². The number of aromatic nitrogens is 4. The maximum atomic E-state index is 6.21. The molecule has 92 valence electrons. The van der Waals surface area contributed by atoms with E-state index in [1.807, 2.05) is 42.2 Å². The Morgan fingerprint density at radius 2 is 2.22 bits per heavy atom. The van der Waals surface area contributed by atoms with Crippen molar-refractivity contribution in [3.63, 3.8) is 0 Å². The minimum atomic E-state index is 0.460. The van der Waals surface area contributed by atoms with Crippen LogP contribution in [-0.2, 0) is 13.6 Å². The second-order valence-corrected chi connectivity index (χ2v) is 4.59. The Labute approximate surface area is 109 Å². The Morgan fingerprint density at radius 3 is 2.94 bits per heavy atom. The van der Waals surface area contributed by atoms with E-state index in [4.69, 9.17) is 17.3 Å². The summed E-state index contributed by atoms with van der Waals surface area (Å²) in [5, 5.41) is 4.79. The predicted molar refractivity (Wildman–Crippen MR) is 71.5 cm³/mol. The summed E-state index contributed by atoms with van der Waals surface area (Å²) in [6.45, 7) is 0.611. The molecule has 3 rings (SSSR count). The Kier molecular flexibility index (Phi) is 2.48. The summed E-state index contributed by atoms with van der Waals surface area (Å²) < 4.78 is 3.65. The molecule has 0 unspecified atom stereocenters. The monoisotopic (exact) mass is 261 g/mol. The normalized spacial score (nSPS) is 11.2. The predicted octanol–water partition coefficient (Wildman–Crippen LogP) is 2.05. The molecule has 0 atom stereocenters. The molecular formula is C12H12ClN5. The number of anilines is 1. The molecular weight excluding hydrogens is 250 g/mol. The highest BCUT2D eigenvalue weighted by Gasteiger charge is 2.11. The summed E-state index contributed by atoms with van der Waals surface area (Å²) in [6.07, 6.45) is 3.75. The van der Waals surface area contributed by atoms with Gasteiger partial charge in [-0.25, -0.2) is 4.98 Å². The van der Waals surface area contributed by atoms with Crippen molar-refractivity contribution in [3.05, 3.63) is 41.2 Å². The van der Waals surface area contributed by atoms with Crippen molar-refractivity contribution >= 4 is 28.6 Å². The number of fused-ring (bicyclic) bond motifs is 1. The molecule has 0 radical (unpaired) electrons. The molecule has 2 heterocycles. The van der Waals surface area contributed by atoms with E-state index in [0.29, 0.717) is 17.5 Å². The number of nitrogens with two attached hydrogens (primary N) is 1. The van der Waals surface area contributed by atoms with Crippen LogP contribution in [0.2, 0.25) is 5.02 Å².